The number of rotatable bonds is 4. The van der Waals surface area contributed by atoms with E-state index in [1.165, 1.54) is 41.2 Å². The molecule has 0 radical (unpaired) electrons. The van der Waals surface area contributed by atoms with Crippen molar-refractivity contribution in [1.29, 1.82) is 0 Å². The normalized spacial score (nSPS) is 14.5. The van der Waals surface area contributed by atoms with Crippen LogP contribution >= 0.6 is 0 Å². The third-order valence-corrected chi connectivity index (χ3v) is 5.36. The first kappa shape index (κ1) is 20.6. The van der Waals surface area contributed by atoms with E-state index in [9.17, 15) is 18.4 Å². The predicted molar refractivity (Wildman–Crippen MR) is 109 cm³/mol. The predicted octanol–water partition coefficient (Wildman–Crippen LogP) is 2.89. The first-order chi connectivity index (χ1) is 14.9. The van der Waals surface area contributed by atoms with E-state index in [2.05, 4.69) is 15.6 Å². The number of likely N-dealkylation sites (tertiary alicyclic amines) is 1. The molecule has 1 aromatic heterocycles. The van der Waals surface area contributed by atoms with E-state index < -0.39 is 5.82 Å². The molecule has 7 nitrogen and oxygen atoms in total. The number of carbonyl (C=O) groups is 2. The number of nitrogens with zero attached hydrogens (tertiary/aromatic N) is 4. The summed E-state index contributed by atoms with van der Waals surface area (Å²) < 4.78 is 28.2. The quantitative estimate of drug-likeness (QED) is 0.697. The number of piperidine rings is 1. The van der Waals surface area contributed by atoms with Gasteiger partial charge in [-0.2, -0.15) is 0 Å². The Balaban J connectivity index is 1.34. The molecule has 31 heavy (non-hydrogen) atoms. The van der Waals surface area contributed by atoms with Crippen molar-refractivity contribution in [3.8, 4) is 5.69 Å². The lowest BCUT2D eigenvalue weighted by Gasteiger charge is -2.31. The maximum atomic E-state index is 13.8. The highest BCUT2D eigenvalue weighted by atomic mass is 19.1. The Hall–Kier alpha value is -3.62. The van der Waals surface area contributed by atoms with Gasteiger partial charge >= 0.3 is 0 Å². The van der Waals surface area contributed by atoms with Gasteiger partial charge in [-0.25, -0.2) is 13.5 Å². The summed E-state index contributed by atoms with van der Waals surface area (Å²) in [7, 11) is 0. The Morgan fingerprint density at radius 1 is 1.06 bits per heavy atom. The Labute approximate surface area is 177 Å². The lowest BCUT2D eigenvalue weighted by molar-refractivity contribution is 0.0692. The molecule has 2 aromatic carbocycles. The average molecular weight is 425 g/mol. The molecule has 9 heteroatoms. The number of aryl methyl sites for hydroxylation is 1. The molecule has 0 spiro atoms. The van der Waals surface area contributed by atoms with Crippen LogP contribution in [0.15, 0.2) is 48.7 Å². The summed E-state index contributed by atoms with van der Waals surface area (Å²) in [6, 6.07) is 9.97. The monoisotopic (exact) mass is 425 g/mol. The zero-order chi connectivity index (χ0) is 22.0. The highest BCUT2D eigenvalue weighted by Gasteiger charge is 2.26. The standard InChI is InChI=1S/C22H21F2N5O2/c1-14-2-7-18(12-19(14)24)29-13-20(26-27-29)22(31)28-10-8-17(9-11-28)25-21(30)15-3-5-16(23)6-4-15/h2-7,12-13,17H,8-11H2,1H3,(H,25,30). The van der Waals surface area contributed by atoms with Gasteiger partial charge in [-0.3, -0.25) is 9.59 Å². The molecule has 4 rings (SSSR count). The van der Waals surface area contributed by atoms with Crippen molar-refractivity contribution in [2.45, 2.75) is 25.8 Å². The van der Waals surface area contributed by atoms with Crippen LogP contribution in [0, 0.1) is 18.6 Å². The molecule has 1 saturated heterocycles. The molecular formula is C22H21F2N5O2. The fourth-order valence-corrected chi connectivity index (χ4v) is 3.47. The maximum Gasteiger partial charge on any atom is 0.276 e. The third kappa shape index (κ3) is 4.60. The fourth-order valence-electron chi connectivity index (χ4n) is 3.47. The van der Waals surface area contributed by atoms with Crippen LogP contribution in [0.3, 0.4) is 0 Å². The van der Waals surface area contributed by atoms with E-state index >= 15 is 0 Å². The molecule has 0 unspecified atom stereocenters. The number of amides is 2. The van der Waals surface area contributed by atoms with Crippen LogP contribution in [-0.2, 0) is 0 Å². The van der Waals surface area contributed by atoms with Gasteiger partial charge in [0.15, 0.2) is 5.69 Å². The van der Waals surface area contributed by atoms with Crippen LogP contribution in [0.1, 0.15) is 39.3 Å². The average Bonchev–Trinajstić information content (AvgIpc) is 3.26. The minimum absolute atomic E-state index is 0.0761. The largest absolute Gasteiger partial charge is 0.349 e. The summed E-state index contributed by atoms with van der Waals surface area (Å²) in [4.78, 5) is 26.7. The molecule has 2 amide bonds. The number of halogens is 2. The first-order valence-electron chi connectivity index (χ1n) is 9.95. The molecule has 2 heterocycles. The van der Waals surface area contributed by atoms with E-state index in [4.69, 9.17) is 0 Å². The van der Waals surface area contributed by atoms with Crippen molar-refractivity contribution < 1.29 is 18.4 Å². The minimum atomic E-state index is -0.396. The van der Waals surface area contributed by atoms with Crippen molar-refractivity contribution in [2.24, 2.45) is 0 Å². The zero-order valence-corrected chi connectivity index (χ0v) is 16.9. The number of benzene rings is 2. The number of nitrogens with one attached hydrogen (secondary N) is 1. The lowest BCUT2D eigenvalue weighted by Crippen LogP contribution is -2.46. The Bertz CT molecular complexity index is 1110. The van der Waals surface area contributed by atoms with E-state index in [-0.39, 0.29) is 29.4 Å². The van der Waals surface area contributed by atoms with Crippen molar-refractivity contribution >= 4 is 11.8 Å². The van der Waals surface area contributed by atoms with Gasteiger partial charge in [0.05, 0.1) is 11.9 Å². The van der Waals surface area contributed by atoms with Crippen LogP contribution in [0.5, 0.6) is 0 Å². The van der Waals surface area contributed by atoms with E-state index in [0.717, 1.165) is 0 Å². The van der Waals surface area contributed by atoms with Gasteiger partial charge in [0.25, 0.3) is 11.8 Å². The van der Waals surface area contributed by atoms with Gasteiger partial charge in [-0.05, 0) is 61.7 Å². The van der Waals surface area contributed by atoms with Gasteiger partial charge in [0.1, 0.15) is 11.6 Å². The maximum absolute atomic E-state index is 13.8. The molecule has 0 aliphatic carbocycles. The topological polar surface area (TPSA) is 80.1 Å². The summed E-state index contributed by atoms with van der Waals surface area (Å²) in [6.07, 6.45) is 2.67. The molecule has 0 saturated carbocycles. The summed E-state index contributed by atoms with van der Waals surface area (Å²) >= 11 is 0. The van der Waals surface area contributed by atoms with Crippen LogP contribution in [0.4, 0.5) is 8.78 Å². The second-order valence-corrected chi connectivity index (χ2v) is 7.53. The number of aromatic nitrogens is 3. The van der Waals surface area contributed by atoms with Gasteiger partial charge in [0.2, 0.25) is 0 Å². The molecule has 1 aliphatic heterocycles. The van der Waals surface area contributed by atoms with Gasteiger partial charge < -0.3 is 10.2 Å². The van der Waals surface area contributed by atoms with Crippen molar-refractivity contribution in [3.63, 3.8) is 0 Å². The van der Waals surface area contributed by atoms with Crippen LogP contribution in [0.25, 0.3) is 5.69 Å². The molecule has 1 N–H and O–H groups in total. The van der Waals surface area contributed by atoms with Crippen molar-refractivity contribution in [1.82, 2.24) is 25.2 Å². The Kier molecular flexibility index (Phi) is 5.75. The van der Waals surface area contributed by atoms with Gasteiger partial charge in [0, 0.05) is 24.7 Å². The summed E-state index contributed by atoms with van der Waals surface area (Å²) in [5.74, 6) is -1.28. The van der Waals surface area contributed by atoms with Crippen molar-refractivity contribution in [2.75, 3.05) is 13.1 Å². The van der Waals surface area contributed by atoms with E-state index in [1.54, 1.807) is 24.0 Å². The van der Waals surface area contributed by atoms with Crippen LogP contribution in [-0.4, -0.2) is 50.8 Å². The second kappa shape index (κ2) is 8.63. The summed E-state index contributed by atoms with van der Waals surface area (Å²) in [5, 5.41) is 10.8. The summed E-state index contributed by atoms with van der Waals surface area (Å²) in [5.41, 5.74) is 1.57. The highest BCUT2D eigenvalue weighted by molar-refractivity contribution is 5.94. The highest BCUT2D eigenvalue weighted by Crippen LogP contribution is 2.16. The van der Waals surface area contributed by atoms with E-state index in [1.807, 2.05) is 0 Å². The minimum Gasteiger partial charge on any atom is -0.349 e. The molecule has 0 bridgehead atoms. The SMILES string of the molecule is Cc1ccc(-n2cc(C(=O)N3CCC(NC(=O)c4ccc(F)cc4)CC3)nn2)cc1F. The molecule has 160 valence electrons. The first-order valence-corrected chi connectivity index (χ1v) is 9.95. The molecule has 3 aromatic rings. The Morgan fingerprint density at radius 2 is 1.77 bits per heavy atom. The fraction of sp³-hybridized carbons (Fsp3) is 0.273. The summed E-state index contributed by atoms with van der Waals surface area (Å²) in [6.45, 7) is 2.58. The van der Waals surface area contributed by atoms with Crippen LogP contribution < -0.4 is 5.32 Å². The number of hydrogen-bond acceptors (Lipinski definition) is 4. The van der Waals surface area contributed by atoms with E-state index in [0.29, 0.717) is 42.7 Å². The molecule has 1 fully saturated rings. The van der Waals surface area contributed by atoms with Crippen LogP contribution in [0.2, 0.25) is 0 Å². The molecule has 0 atom stereocenters. The van der Waals surface area contributed by atoms with Gasteiger partial charge in [-0.1, -0.05) is 11.3 Å². The second-order valence-electron chi connectivity index (χ2n) is 7.53. The zero-order valence-electron chi connectivity index (χ0n) is 16.9. The Morgan fingerprint density at radius 3 is 2.45 bits per heavy atom. The van der Waals surface area contributed by atoms with Crippen molar-refractivity contribution in [3.05, 3.63) is 77.1 Å². The number of hydrogen-bond donors (Lipinski definition) is 1. The third-order valence-electron chi connectivity index (χ3n) is 5.36. The number of carbonyl (C=O) groups excluding carboxylic acids is 2. The molecule has 1 aliphatic rings. The smallest absolute Gasteiger partial charge is 0.276 e. The molecular weight excluding hydrogens is 404 g/mol. The lowest BCUT2D eigenvalue weighted by atomic mass is 10.0. The van der Waals surface area contributed by atoms with Gasteiger partial charge in [-0.15, -0.1) is 5.10 Å².